The molecule has 3 rings (SSSR count). The number of nitrogens with one attached hydrogen (secondary N) is 1. The Morgan fingerprint density at radius 1 is 1.04 bits per heavy atom. The molecule has 0 saturated carbocycles. The minimum atomic E-state index is -0.207. The highest BCUT2D eigenvalue weighted by Crippen LogP contribution is 2.32. The summed E-state index contributed by atoms with van der Waals surface area (Å²) in [5.41, 5.74) is 1.71. The van der Waals surface area contributed by atoms with Crippen molar-refractivity contribution in [3.05, 3.63) is 82.0 Å². The third-order valence-corrected chi connectivity index (χ3v) is 4.25. The number of furan rings is 1. The average molecular weight is 400 g/mol. The summed E-state index contributed by atoms with van der Waals surface area (Å²) in [7, 11) is 0. The van der Waals surface area contributed by atoms with Crippen molar-refractivity contribution in [3.8, 4) is 11.3 Å². The van der Waals surface area contributed by atoms with Crippen molar-refractivity contribution < 1.29 is 14.0 Å². The zero-order valence-electron chi connectivity index (χ0n) is 14.3. The van der Waals surface area contributed by atoms with Gasteiger partial charge in [0.2, 0.25) is 5.91 Å². The lowest BCUT2D eigenvalue weighted by atomic mass is 10.1. The third kappa shape index (κ3) is 4.88. The Morgan fingerprint density at radius 3 is 2.63 bits per heavy atom. The number of ketones is 1. The second kappa shape index (κ2) is 8.25. The number of benzene rings is 2. The molecule has 0 aliphatic rings. The molecule has 0 aliphatic carbocycles. The van der Waals surface area contributed by atoms with E-state index in [2.05, 4.69) is 5.32 Å². The number of carbonyl (C=O) groups excluding carboxylic acids is 2. The quantitative estimate of drug-likeness (QED) is 0.415. The Kier molecular flexibility index (Phi) is 5.79. The molecule has 2 aromatic carbocycles. The fourth-order valence-corrected chi connectivity index (χ4v) is 2.86. The summed E-state index contributed by atoms with van der Waals surface area (Å²) >= 11 is 12.2. The minimum Gasteiger partial charge on any atom is -0.457 e. The van der Waals surface area contributed by atoms with Gasteiger partial charge in [0.05, 0.1) is 5.02 Å². The van der Waals surface area contributed by atoms with Crippen LogP contribution < -0.4 is 5.32 Å². The maximum atomic E-state index is 12.4. The minimum absolute atomic E-state index is 0.196. The molecule has 3 aromatic rings. The van der Waals surface area contributed by atoms with E-state index < -0.39 is 0 Å². The zero-order chi connectivity index (χ0) is 19.4. The van der Waals surface area contributed by atoms with Gasteiger partial charge >= 0.3 is 0 Å². The van der Waals surface area contributed by atoms with Crippen LogP contribution in [0.1, 0.15) is 23.0 Å². The zero-order valence-corrected chi connectivity index (χ0v) is 15.8. The van der Waals surface area contributed by atoms with Crippen LogP contribution in [0, 0.1) is 0 Å². The summed E-state index contributed by atoms with van der Waals surface area (Å²) in [6.07, 6.45) is 2.99. The highest BCUT2D eigenvalue weighted by atomic mass is 35.5. The van der Waals surface area contributed by atoms with Gasteiger partial charge in [-0.05, 0) is 54.6 Å². The molecule has 0 aliphatic heterocycles. The van der Waals surface area contributed by atoms with Crippen LogP contribution in [0.5, 0.6) is 0 Å². The molecule has 0 radical (unpaired) electrons. The van der Waals surface area contributed by atoms with E-state index in [0.717, 1.165) is 0 Å². The Morgan fingerprint density at radius 2 is 1.85 bits per heavy atom. The van der Waals surface area contributed by atoms with E-state index in [-0.39, 0.29) is 11.7 Å². The van der Waals surface area contributed by atoms with Gasteiger partial charge in [-0.2, -0.15) is 0 Å². The highest BCUT2D eigenvalue weighted by molar-refractivity contribution is 6.35. The van der Waals surface area contributed by atoms with Crippen molar-refractivity contribution in [3.63, 3.8) is 0 Å². The average Bonchev–Trinajstić information content (AvgIpc) is 3.10. The summed E-state index contributed by atoms with van der Waals surface area (Å²) in [6, 6.07) is 15.3. The van der Waals surface area contributed by atoms with Gasteiger partial charge < -0.3 is 9.73 Å². The molecule has 0 atom stereocenters. The first kappa shape index (κ1) is 19.0. The second-order valence-electron chi connectivity index (χ2n) is 5.79. The molecule has 0 spiro atoms. The van der Waals surface area contributed by atoms with Crippen LogP contribution in [0.4, 0.5) is 5.69 Å². The molecule has 27 heavy (non-hydrogen) atoms. The molecule has 6 heteroatoms. The van der Waals surface area contributed by atoms with Crippen molar-refractivity contribution in [1.82, 2.24) is 0 Å². The predicted octanol–water partition coefficient (Wildman–Crippen LogP) is 6.11. The molecule has 0 saturated heterocycles. The molecule has 0 fully saturated rings. The maximum absolute atomic E-state index is 12.4. The molecule has 1 aromatic heterocycles. The van der Waals surface area contributed by atoms with E-state index in [4.69, 9.17) is 27.6 Å². The molecule has 1 heterocycles. The molecule has 0 unspecified atom stereocenters. The van der Waals surface area contributed by atoms with E-state index in [1.807, 2.05) is 0 Å². The molecular formula is C21H15Cl2NO3. The highest BCUT2D eigenvalue weighted by Gasteiger charge is 2.09. The van der Waals surface area contributed by atoms with Gasteiger partial charge in [0.15, 0.2) is 5.78 Å². The van der Waals surface area contributed by atoms with Crippen LogP contribution in [0.25, 0.3) is 17.4 Å². The maximum Gasteiger partial charge on any atom is 0.221 e. The van der Waals surface area contributed by atoms with Gasteiger partial charge in [0.25, 0.3) is 0 Å². The standard InChI is InChI=1S/C21H15Cl2NO3/c1-13(25)24-16-4-2-3-14(11-16)20(26)9-6-17-7-10-21(27-17)18-12-15(22)5-8-19(18)23/h2-12H,1H3,(H,24,25). The first-order chi connectivity index (χ1) is 12.9. The molecule has 136 valence electrons. The Balaban J connectivity index is 1.77. The summed E-state index contributed by atoms with van der Waals surface area (Å²) in [5.74, 6) is 0.661. The number of rotatable bonds is 5. The van der Waals surface area contributed by atoms with Gasteiger partial charge in [-0.1, -0.05) is 35.3 Å². The van der Waals surface area contributed by atoms with Crippen LogP contribution >= 0.6 is 23.2 Å². The van der Waals surface area contributed by atoms with Gasteiger partial charge in [0, 0.05) is 28.8 Å². The van der Waals surface area contributed by atoms with E-state index in [1.165, 1.54) is 13.0 Å². The van der Waals surface area contributed by atoms with Crippen LogP contribution in [0.2, 0.25) is 10.0 Å². The Labute approximate surface area is 166 Å². The number of halogens is 2. The number of allylic oxidation sites excluding steroid dienone is 1. The molecular weight excluding hydrogens is 385 g/mol. The summed E-state index contributed by atoms with van der Waals surface area (Å²) < 4.78 is 5.73. The molecule has 1 N–H and O–H groups in total. The van der Waals surface area contributed by atoms with Gasteiger partial charge in [-0.15, -0.1) is 0 Å². The lowest BCUT2D eigenvalue weighted by Crippen LogP contribution is -2.06. The fourth-order valence-electron chi connectivity index (χ4n) is 2.48. The molecule has 0 bridgehead atoms. The number of carbonyl (C=O) groups is 2. The summed E-state index contributed by atoms with van der Waals surface area (Å²) in [4.78, 5) is 23.5. The SMILES string of the molecule is CC(=O)Nc1cccc(C(=O)C=Cc2ccc(-c3cc(Cl)ccc3Cl)o2)c1. The second-order valence-corrected chi connectivity index (χ2v) is 6.63. The van der Waals surface area contributed by atoms with E-state index >= 15 is 0 Å². The number of anilines is 1. The number of amides is 1. The Hall–Kier alpha value is -2.82. The Bertz CT molecular complexity index is 1040. The largest absolute Gasteiger partial charge is 0.457 e. The van der Waals surface area contributed by atoms with Gasteiger partial charge in [0.1, 0.15) is 11.5 Å². The van der Waals surface area contributed by atoms with Crippen molar-refractivity contribution in [2.75, 3.05) is 5.32 Å². The van der Waals surface area contributed by atoms with Gasteiger partial charge in [-0.3, -0.25) is 9.59 Å². The van der Waals surface area contributed by atoms with Crippen LogP contribution in [-0.2, 0) is 4.79 Å². The third-order valence-electron chi connectivity index (χ3n) is 3.69. The van der Waals surface area contributed by atoms with Crippen LogP contribution in [0.3, 0.4) is 0 Å². The van der Waals surface area contributed by atoms with E-state index in [1.54, 1.807) is 60.7 Å². The number of hydrogen-bond acceptors (Lipinski definition) is 3. The smallest absolute Gasteiger partial charge is 0.221 e. The van der Waals surface area contributed by atoms with Gasteiger partial charge in [-0.25, -0.2) is 0 Å². The van der Waals surface area contributed by atoms with E-state index in [0.29, 0.717) is 38.4 Å². The molecule has 1 amide bonds. The number of hydrogen-bond donors (Lipinski definition) is 1. The van der Waals surface area contributed by atoms with E-state index in [9.17, 15) is 9.59 Å². The monoisotopic (exact) mass is 399 g/mol. The van der Waals surface area contributed by atoms with Crippen molar-refractivity contribution >= 4 is 46.7 Å². The first-order valence-corrected chi connectivity index (χ1v) is 8.83. The van der Waals surface area contributed by atoms with Crippen LogP contribution in [-0.4, -0.2) is 11.7 Å². The van der Waals surface area contributed by atoms with Crippen molar-refractivity contribution in [1.29, 1.82) is 0 Å². The summed E-state index contributed by atoms with van der Waals surface area (Å²) in [5, 5.41) is 3.72. The first-order valence-electron chi connectivity index (χ1n) is 8.08. The molecule has 4 nitrogen and oxygen atoms in total. The predicted molar refractivity (Wildman–Crippen MR) is 108 cm³/mol. The van der Waals surface area contributed by atoms with Crippen molar-refractivity contribution in [2.24, 2.45) is 0 Å². The summed E-state index contributed by atoms with van der Waals surface area (Å²) in [6.45, 7) is 1.41. The van der Waals surface area contributed by atoms with Crippen LogP contribution in [0.15, 0.2) is 65.1 Å². The lowest BCUT2D eigenvalue weighted by Gasteiger charge is -2.03. The lowest BCUT2D eigenvalue weighted by molar-refractivity contribution is -0.114. The van der Waals surface area contributed by atoms with Crippen molar-refractivity contribution in [2.45, 2.75) is 6.92 Å². The fraction of sp³-hybridized carbons (Fsp3) is 0.0476. The topological polar surface area (TPSA) is 59.3 Å². The normalized spacial score (nSPS) is 10.9.